The number of hydrogen-bond donors (Lipinski definition) is 2. The summed E-state index contributed by atoms with van der Waals surface area (Å²) in [4.78, 5) is 4.37. The van der Waals surface area contributed by atoms with Crippen molar-refractivity contribution in [2.75, 3.05) is 16.7 Å². The highest BCUT2D eigenvalue weighted by molar-refractivity contribution is 7.90. The monoisotopic (exact) mass is 469 g/mol. The Labute approximate surface area is 191 Å². The molecule has 10 heteroatoms. The van der Waals surface area contributed by atoms with Crippen LogP contribution in [0.1, 0.15) is 37.7 Å². The molecular formula is C23H24FN5O3S. The van der Waals surface area contributed by atoms with Gasteiger partial charge in [-0.1, -0.05) is 12.1 Å². The number of anilines is 2. The summed E-state index contributed by atoms with van der Waals surface area (Å²) >= 11 is 0. The van der Waals surface area contributed by atoms with E-state index in [-0.39, 0.29) is 23.3 Å². The maximum atomic E-state index is 13.4. The summed E-state index contributed by atoms with van der Waals surface area (Å²) in [7, 11) is -2.39. The second kappa shape index (κ2) is 8.01. The predicted molar refractivity (Wildman–Crippen MR) is 122 cm³/mol. The topological polar surface area (TPSA) is 111 Å². The lowest BCUT2D eigenvalue weighted by Crippen LogP contribution is -2.43. The number of para-hydroxylation sites is 1. The van der Waals surface area contributed by atoms with Gasteiger partial charge in [0.05, 0.1) is 17.3 Å². The molecule has 0 bridgehead atoms. The highest BCUT2D eigenvalue weighted by Crippen LogP contribution is 2.60. The summed E-state index contributed by atoms with van der Waals surface area (Å²) in [6, 6.07) is 13.5. The van der Waals surface area contributed by atoms with E-state index in [1.54, 1.807) is 30.3 Å². The van der Waals surface area contributed by atoms with Crippen molar-refractivity contribution in [2.45, 2.75) is 44.2 Å². The molecule has 1 heterocycles. The lowest BCUT2D eigenvalue weighted by Gasteiger charge is -2.33. The molecule has 1 spiro atoms. The first-order valence-corrected chi connectivity index (χ1v) is 12.3. The summed E-state index contributed by atoms with van der Waals surface area (Å²) in [5, 5.41) is 12.8. The van der Waals surface area contributed by atoms with E-state index in [4.69, 9.17) is 4.42 Å². The van der Waals surface area contributed by atoms with Crippen LogP contribution in [0.5, 0.6) is 0 Å². The SMILES string of the molecule is CNS(=O)(=O)N(c1ccccc1C#N)[C@H]1CC12CCC(Nc1nc3ccc(F)cc3o1)CC2. The van der Waals surface area contributed by atoms with Crippen LogP contribution in [0.3, 0.4) is 0 Å². The maximum absolute atomic E-state index is 13.4. The molecule has 8 nitrogen and oxygen atoms in total. The number of fused-ring (bicyclic) bond motifs is 1. The average molecular weight is 470 g/mol. The van der Waals surface area contributed by atoms with Gasteiger partial charge in [0.2, 0.25) is 0 Å². The van der Waals surface area contributed by atoms with Crippen molar-refractivity contribution in [3.05, 3.63) is 53.8 Å². The standard InChI is InChI=1S/C23H24FN5O3S/c1-26-33(30,31)29(19-5-3-2-4-15(19)14-25)21-13-23(21)10-8-17(9-11-23)27-22-28-18-7-6-16(24)12-20(18)32-22/h2-7,12,17,21,26H,8-11,13H2,1H3,(H,27,28)/t17?,21-,23?/m0/s1. The summed E-state index contributed by atoms with van der Waals surface area (Å²) in [6.07, 6.45) is 4.10. The first-order valence-electron chi connectivity index (χ1n) is 10.9. The van der Waals surface area contributed by atoms with E-state index >= 15 is 0 Å². The number of halogens is 1. The second-order valence-corrected chi connectivity index (χ2v) is 10.5. The third kappa shape index (κ3) is 3.92. The highest BCUT2D eigenvalue weighted by atomic mass is 32.2. The van der Waals surface area contributed by atoms with Crippen molar-refractivity contribution in [2.24, 2.45) is 5.41 Å². The van der Waals surface area contributed by atoms with Crippen LogP contribution in [-0.4, -0.2) is 32.5 Å². The van der Waals surface area contributed by atoms with E-state index < -0.39 is 10.2 Å². The largest absolute Gasteiger partial charge is 0.423 e. The summed E-state index contributed by atoms with van der Waals surface area (Å²) in [5.74, 6) is -0.372. The van der Waals surface area contributed by atoms with E-state index in [1.165, 1.54) is 23.5 Å². The Morgan fingerprint density at radius 3 is 2.73 bits per heavy atom. The minimum absolute atomic E-state index is 0.116. The zero-order chi connectivity index (χ0) is 23.2. The quantitative estimate of drug-likeness (QED) is 0.566. The van der Waals surface area contributed by atoms with Gasteiger partial charge in [0.25, 0.3) is 6.01 Å². The lowest BCUT2D eigenvalue weighted by atomic mass is 9.82. The zero-order valence-electron chi connectivity index (χ0n) is 18.1. The van der Waals surface area contributed by atoms with Crippen LogP contribution in [-0.2, 0) is 10.2 Å². The van der Waals surface area contributed by atoms with Gasteiger partial charge in [-0.25, -0.2) is 9.11 Å². The molecule has 2 saturated carbocycles. The molecule has 0 saturated heterocycles. The molecular weight excluding hydrogens is 445 g/mol. The van der Waals surface area contributed by atoms with E-state index in [2.05, 4.69) is 21.1 Å². The number of benzene rings is 2. The van der Waals surface area contributed by atoms with Gasteiger partial charge in [-0.2, -0.15) is 18.7 Å². The number of nitrogens with one attached hydrogen (secondary N) is 2. The molecule has 2 aliphatic rings. The van der Waals surface area contributed by atoms with Crippen molar-refractivity contribution in [3.8, 4) is 6.07 Å². The molecule has 0 unspecified atom stereocenters. The van der Waals surface area contributed by atoms with E-state index in [9.17, 15) is 18.1 Å². The summed E-state index contributed by atoms with van der Waals surface area (Å²) < 4.78 is 48.7. The first kappa shape index (κ1) is 21.7. The fourth-order valence-corrected chi connectivity index (χ4v) is 6.24. The number of rotatable bonds is 6. The Bertz CT molecular complexity index is 1340. The third-order valence-electron chi connectivity index (χ3n) is 6.87. The lowest BCUT2D eigenvalue weighted by molar-refractivity contribution is 0.305. The fraction of sp³-hybridized carbons (Fsp3) is 0.391. The van der Waals surface area contributed by atoms with Gasteiger partial charge >= 0.3 is 10.2 Å². The van der Waals surface area contributed by atoms with Crippen molar-refractivity contribution in [1.82, 2.24) is 9.71 Å². The molecule has 33 heavy (non-hydrogen) atoms. The molecule has 0 radical (unpaired) electrons. The van der Waals surface area contributed by atoms with Gasteiger partial charge in [0.15, 0.2) is 5.58 Å². The van der Waals surface area contributed by atoms with E-state index in [0.717, 1.165) is 32.1 Å². The van der Waals surface area contributed by atoms with E-state index in [1.807, 2.05) is 0 Å². The molecule has 3 aromatic rings. The number of hydrogen-bond acceptors (Lipinski definition) is 6. The number of nitriles is 1. The maximum Gasteiger partial charge on any atom is 0.301 e. The van der Waals surface area contributed by atoms with Gasteiger partial charge in [-0.05, 0) is 61.8 Å². The van der Waals surface area contributed by atoms with Gasteiger partial charge in [0.1, 0.15) is 17.4 Å². The highest BCUT2D eigenvalue weighted by Gasteiger charge is 2.60. The molecule has 1 atom stereocenters. The zero-order valence-corrected chi connectivity index (χ0v) is 18.9. The number of aromatic nitrogens is 1. The molecule has 2 aromatic carbocycles. The summed E-state index contributed by atoms with van der Waals surface area (Å²) in [6.45, 7) is 0. The normalized spacial score (nSPS) is 24.5. The van der Waals surface area contributed by atoms with Crippen molar-refractivity contribution >= 4 is 33.0 Å². The molecule has 5 rings (SSSR count). The molecule has 0 aliphatic heterocycles. The van der Waals surface area contributed by atoms with Crippen LogP contribution >= 0.6 is 0 Å². The fourth-order valence-electron chi connectivity index (χ4n) is 4.99. The number of nitrogens with zero attached hydrogens (tertiary/aromatic N) is 3. The minimum atomic E-state index is -3.78. The molecule has 0 amide bonds. The summed E-state index contributed by atoms with van der Waals surface area (Å²) in [5.41, 5.74) is 1.62. The Kier molecular flexibility index (Phi) is 5.26. The van der Waals surface area contributed by atoms with Gasteiger partial charge < -0.3 is 9.73 Å². The van der Waals surface area contributed by atoms with Crippen molar-refractivity contribution in [3.63, 3.8) is 0 Å². The second-order valence-electron chi connectivity index (χ2n) is 8.77. The van der Waals surface area contributed by atoms with Gasteiger partial charge in [-0.3, -0.25) is 4.31 Å². The Hall–Kier alpha value is -3.16. The molecule has 1 aromatic heterocycles. The molecule has 2 aliphatic carbocycles. The van der Waals surface area contributed by atoms with Gasteiger partial charge in [-0.15, -0.1) is 0 Å². The van der Waals surface area contributed by atoms with Crippen LogP contribution < -0.4 is 14.3 Å². The smallest absolute Gasteiger partial charge is 0.301 e. The first-order chi connectivity index (χ1) is 15.8. The van der Waals surface area contributed by atoms with Gasteiger partial charge in [0, 0.05) is 19.2 Å². The van der Waals surface area contributed by atoms with E-state index in [0.29, 0.717) is 28.4 Å². The third-order valence-corrected chi connectivity index (χ3v) is 8.35. The average Bonchev–Trinajstić information content (AvgIpc) is 3.32. The Balaban J connectivity index is 1.31. The van der Waals surface area contributed by atoms with Crippen molar-refractivity contribution in [1.29, 1.82) is 5.26 Å². The Morgan fingerprint density at radius 2 is 2.00 bits per heavy atom. The molecule has 172 valence electrons. The molecule has 2 fully saturated rings. The Morgan fingerprint density at radius 1 is 1.24 bits per heavy atom. The van der Waals surface area contributed by atoms with Crippen LogP contribution in [0.2, 0.25) is 0 Å². The predicted octanol–water partition coefficient (Wildman–Crippen LogP) is 3.92. The van der Waals surface area contributed by atoms with Crippen molar-refractivity contribution < 1.29 is 17.2 Å². The number of oxazole rings is 1. The van der Waals surface area contributed by atoms with Crippen LogP contribution in [0.4, 0.5) is 16.1 Å². The minimum Gasteiger partial charge on any atom is -0.423 e. The van der Waals surface area contributed by atoms with Crippen LogP contribution in [0.15, 0.2) is 46.9 Å². The molecule has 2 N–H and O–H groups in total. The van der Waals surface area contributed by atoms with Crippen LogP contribution in [0.25, 0.3) is 11.1 Å². The van der Waals surface area contributed by atoms with Crippen LogP contribution in [0, 0.1) is 22.6 Å².